The zero-order valence-corrected chi connectivity index (χ0v) is 10.8. The van der Waals surface area contributed by atoms with Crippen molar-refractivity contribution in [3.05, 3.63) is 18.0 Å². The molecule has 3 atom stereocenters. The van der Waals surface area contributed by atoms with Crippen LogP contribution in [-0.4, -0.2) is 60.2 Å². The van der Waals surface area contributed by atoms with E-state index < -0.39 is 0 Å². The number of H-pyrrole nitrogens is 1. The number of hydrogen-bond acceptors (Lipinski definition) is 4. The second kappa shape index (κ2) is 5.38. The van der Waals surface area contributed by atoms with Crippen molar-refractivity contribution in [2.45, 2.75) is 31.3 Å². The Balaban J connectivity index is 1.66. The summed E-state index contributed by atoms with van der Waals surface area (Å²) < 4.78 is 11.3. The minimum Gasteiger partial charge on any atom is -0.379 e. The molecule has 5 heteroatoms. The molecule has 0 spiro atoms. The predicted molar refractivity (Wildman–Crippen MR) is 67.5 cm³/mol. The third-order valence-corrected chi connectivity index (χ3v) is 4.04. The molecule has 1 aromatic heterocycles. The molecule has 2 aliphatic heterocycles. The summed E-state index contributed by atoms with van der Waals surface area (Å²) in [4.78, 5) is 2.53. The van der Waals surface area contributed by atoms with Gasteiger partial charge in [-0.2, -0.15) is 5.10 Å². The van der Waals surface area contributed by atoms with Crippen LogP contribution in [0.3, 0.4) is 0 Å². The maximum atomic E-state index is 5.79. The Bertz CT molecular complexity index is 368. The van der Waals surface area contributed by atoms with Gasteiger partial charge in [0.2, 0.25) is 0 Å². The lowest BCUT2D eigenvalue weighted by Gasteiger charge is -2.42. The molecular formula is C13H21N3O2. The standard InChI is InChI=1S/C13H21N3O2/c1-10-7-17-5-4-16(10)12-6-11(8-18-9-12)13-2-3-14-15-13/h2-3,10-12H,4-9H2,1H3,(H,14,15). The lowest BCUT2D eigenvalue weighted by molar-refractivity contribution is -0.0647. The van der Waals surface area contributed by atoms with Crippen molar-refractivity contribution in [1.82, 2.24) is 15.1 Å². The summed E-state index contributed by atoms with van der Waals surface area (Å²) in [7, 11) is 0. The minimum atomic E-state index is 0.446. The van der Waals surface area contributed by atoms with Gasteiger partial charge < -0.3 is 9.47 Å². The van der Waals surface area contributed by atoms with Gasteiger partial charge in [0.15, 0.2) is 0 Å². The van der Waals surface area contributed by atoms with Gasteiger partial charge in [-0.1, -0.05) is 0 Å². The van der Waals surface area contributed by atoms with Crippen LogP contribution in [0.1, 0.15) is 25.0 Å². The molecule has 0 amide bonds. The van der Waals surface area contributed by atoms with Gasteiger partial charge in [0.05, 0.1) is 26.4 Å². The quantitative estimate of drug-likeness (QED) is 0.852. The first-order chi connectivity index (χ1) is 8.84. The molecule has 0 radical (unpaired) electrons. The molecule has 0 saturated carbocycles. The van der Waals surface area contributed by atoms with Gasteiger partial charge in [-0.25, -0.2) is 0 Å². The van der Waals surface area contributed by atoms with Crippen LogP contribution < -0.4 is 0 Å². The number of rotatable bonds is 2. The first kappa shape index (κ1) is 12.1. The van der Waals surface area contributed by atoms with Crippen molar-refractivity contribution < 1.29 is 9.47 Å². The molecule has 1 N–H and O–H groups in total. The van der Waals surface area contributed by atoms with E-state index in [4.69, 9.17) is 9.47 Å². The smallest absolute Gasteiger partial charge is 0.0622 e. The van der Waals surface area contributed by atoms with Gasteiger partial charge in [0.25, 0.3) is 0 Å². The second-order valence-electron chi connectivity index (χ2n) is 5.30. The van der Waals surface area contributed by atoms with E-state index in [1.807, 2.05) is 6.20 Å². The van der Waals surface area contributed by atoms with Crippen LogP contribution in [-0.2, 0) is 9.47 Å². The topological polar surface area (TPSA) is 50.4 Å². The van der Waals surface area contributed by atoms with Crippen molar-refractivity contribution in [3.8, 4) is 0 Å². The first-order valence-electron chi connectivity index (χ1n) is 6.75. The van der Waals surface area contributed by atoms with Crippen LogP contribution in [0.25, 0.3) is 0 Å². The van der Waals surface area contributed by atoms with E-state index in [-0.39, 0.29) is 0 Å². The van der Waals surface area contributed by atoms with Crippen molar-refractivity contribution in [2.75, 3.05) is 33.0 Å². The van der Waals surface area contributed by atoms with E-state index in [2.05, 4.69) is 28.1 Å². The zero-order valence-electron chi connectivity index (χ0n) is 10.8. The van der Waals surface area contributed by atoms with E-state index in [1.165, 1.54) is 5.69 Å². The summed E-state index contributed by atoms with van der Waals surface area (Å²) in [6.45, 7) is 6.58. The average molecular weight is 251 g/mol. The van der Waals surface area contributed by atoms with Crippen molar-refractivity contribution in [1.29, 1.82) is 0 Å². The molecule has 0 aliphatic carbocycles. The lowest BCUT2D eigenvalue weighted by Crippen LogP contribution is -2.52. The minimum absolute atomic E-state index is 0.446. The number of hydrogen-bond donors (Lipinski definition) is 1. The predicted octanol–water partition coefficient (Wildman–Crippen LogP) is 1.00. The Labute approximate surface area is 107 Å². The fourth-order valence-electron chi connectivity index (χ4n) is 3.04. The van der Waals surface area contributed by atoms with Crippen LogP contribution in [0.4, 0.5) is 0 Å². The molecule has 1 aromatic rings. The molecule has 100 valence electrons. The lowest BCUT2D eigenvalue weighted by atomic mass is 9.93. The molecule has 2 aliphatic rings. The molecule has 3 unspecified atom stereocenters. The highest BCUT2D eigenvalue weighted by atomic mass is 16.5. The second-order valence-corrected chi connectivity index (χ2v) is 5.30. The third kappa shape index (κ3) is 2.43. The number of nitrogens with one attached hydrogen (secondary N) is 1. The summed E-state index contributed by atoms with van der Waals surface area (Å²) in [6, 6.07) is 3.05. The van der Waals surface area contributed by atoms with Gasteiger partial charge >= 0.3 is 0 Å². The Hall–Kier alpha value is -0.910. The Morgan fingerprint density at radius 2 is 2.28 bits per heavy atom. The first-order valence-corrected chi connectivity index (χ1v) is 6.75. The van der Waals surface area contributed by atoms with Gasteiger partial charge in [-0.15, -0.1) is 0 Å². The highest BCUT2D eigenvalue weighted by molar-refractivity contribution is 5.07. The summed E-state index contributed by atoms with van der Waals surface area (Å²) in [5.41, 5.74) is 1.20. The number of nitrogens with zero attached hydrogens (tertiary/aromatic N) is 2. The molecular weight excluding hydrogens is 230 g/mol. The molecule has 3 heterocycles. The summed E-state index contributed by atoms with van der Waals surface area (Å²) in [5.74, 6) is 0.446. The van der Waals surface area contributed by atoms with Crippen LogP contribution in [0, 0.1) is 0 Å². The SMILES string of the molecule is CC1COCCN1C1COCC(c2ccn[nH]2)C1. The Morgan fingerprint density at radius 3 is 3.06 bits per heavy atom. The molecule has 18 heavy (non-hydrogen) atoms. The molecule has 3 rings (SSSR count). The summed E-state index contributed by atoms with van der Waals surface area (Å²) >= 11 is 0. The van der Waals surface area contributed by atoms with Gasteiger partial charge in [-0.05, 0) is 19.4 Å². The van der Waals surface area contributed by atoms with Crippen molar-refractivity contribution >= 4 is 0 Å². The van der Waals surface area contributed by atoms with E-state index in [0.717, 1.165) is 39.4 Å². The Morgan fingerprint density at radius 1 is 1.33 bits per heavy atom. The fourth-order valence-corrected chi connectivity index (χ4v) is 3.04. The summed E-state index contributed by atoms with van der Waals surface area (Å²) in [5, 5.41) is 7.10. The largest absolute Gasteiger partial charge is 0.379 e. The molecule has 5 nitrogen and oxygen atoms in total. The van der Waals surface area contributed by atoms with Gasteiger partial charge in [0, 0.05) is 36.4 Å². The molecule has 2 saturated heterocycles. The number of aromatic amines is 1. The van der Waals surface area contributed by atoms with Crippen molar-refractivity contribution in [2.24, 2.45) is 0 Å². The fraction of sp³-hybridized carbons (Fsp3) is 0.769. The van der Waals surface area contributed by atoms with E-state index in [1.54, 1.807) is 0 Å². The molecule has 0 aromatic carbocycles. The number of ether oxygens (including phenoxy) is 2. The van der Waals surface area contributed by atoms with Crippen molar-refractivity contribution in [3.63, 3.8) is 0 Å². The highest BCUT2D eigenvalue weighted by Crippen LogP contribution is 2.28. The monoisotopic (exact) mass is 251 g/mol. The maximum Gasteiger partial charge on any atom is 0.0622 e. The number of aromatic nitrogens is 2. The van der Waals surface area contributed by atoms with E-state index in [9.17, 15) is 0 Å². The average Bonchev–Trinajstić information content (AvgIpc) is 2.93. The van der Waals surface area contributed by atoms with Crippen LogP contribution in [0.2, 0.25) is 0 Å². The normalized spacial score (nSPS) is 34.6. The Kier molecular flexibility index (Phi) is 3.63. The zero-order chi connectivity index (χ0) is 12.4. The molecule has 0 bridgehead atoms. The van der Waals surface area contributed by atoms with E-state index in [0.29, 0.717) is 18.0 Å². The van der Waals surface area contributed by atoms with Gasteiger partial charge in [0.1, 0.15) is 0 Å². The number of morpholine rings is 1. The van der Waals surface area contributed by atoms with Crippen LogP contribution >= 0.6 is 0 Å². The third-order valence-electron chi connectivity index (χ3n) is 4.04. The highest BCUT2D eigenvalue weighted by Gasteiger charge is 2.32. The maximum absolute atomic E-state index is 5.79. The van der Waals surface area contributed by atoms with Crippen LogP contribution in [0.5, 0.6) is 0 Å². The van der Waals surface area contributed by atoms with Gasteiger partial charge in [-0.3, -0.25) is 10.00 Å². The van der Waals surface area contributed by atoms with E-state index >= 15 is 0 Å². The molecule has 2 fully saturated rings. The van der Waals surface area contributed by atoms with Crippen LogP contribution in [0.15, 0.2) is 12.3 Å². The summed E-state index contributed by atoms with van der Waals surface area (Å²) in [6.07, 6.45) is 2.96.